The van der Waals surface area contributed by atoms with E-state index in [2.05, 4.69) is 11.1 Å². The number of unbranched alkanes of at least 4 members (excludes halogenated alkanes) is 11. The van der Waals surface area contributed by atoms with Crippen molar-refractivity contribution in [1.82, 2.24) is 0 Å². The SMILES string of the molecule is CCCCCCCCCCCCCCc1ccc(OC(=O)COS(=O)(=O)O)cc1. The van der Waals surface area contributed by atoms with Gasteiger partial charge in [0.1, 0.15) is 5.75 Å². The standard InChI is InChI=1S/C22H36O6S/c1-2-3-4-5-6-7-8-9-10-11-12-13-14-20-15-17-21(18-16-20)28-22(23)19-27-29(24,25)26/h15-18H,2-14,19H2,1H3,(H,24,25,26). The highest BCUT2D eigenvalue weighted by Crippen LogP contribution is 2.16. The summed E-state index contributed by atoms with van der Waals surface area (Å²) in [4.78, 5) is 11.4. The third-order valence-corrected chi connectivity index (χ3v) is 5.22. The fraction of sp³-hybridized carbons (Fsp3) is 0.682. The van der Waals surface area contributed by atoms with Crippen molar-refractivity contribution >= 4 is 16.4 Å². The molecule has 1 aromatic carbocycles. The Bertz CT molecular complexity index is 654. The first kappa shape index (κ1) is 25.6. The number of benzene rings is 1. The van der Waals surface area contributed by atoms with Crippen molar-refractivity contribution < 1.29 is 26.7 Å². The Balaban J connectivity index is 2.05. The van der Waals surface area contributed by atoms with Crippen molar-refractivity contribution in [3.8, 4) is 5.75 Å². The minimum atomic E-state index is -4.65. The first-order valence-electron chi connectivity index (χ1n) is 10.8. The van der Waals surface area contributed by atoms with Crippen LogP contribution in [-0.4, -0.2) is 25.5 Å². The minimum absolute atomic E-state index is 0.312. The molecular formula is C22H36O6S. The Morgan fingerprint density at radius 3 is 1.79 bits per heavy atom. The van der Waals surface area contributed by atoms with Gasteiger partial charge >= 0.3 is 16.4 Å². The molecule has 0 radical (unpaired) electrons. The van der Waals surface area contributed by atoms with Crippen LogP contribution in [0.3, 0.4) is 0 Å². The van der Waals surface area contributed by atoms with Crippen LogP contribution >= 0.6 is 0 Å². The second-order valence-corrected chi connectivity index (χ2v) is 8.54. The number of rotatable bonds is 17. The highest BCUT2D eigenvalue weighted by Gasteiger charge is 2.11. The highest BCUT2D eigenvalue weighted by molar-refractivity contribution is 7.80. The fourth-order valence-electron chi connectivity index (χ4n) is 3.18. The van der Waals surface area contributed by atoms with E-state index in [1.165, 1.54) is 76.2 Å². The maximum absolute atomic E-state index is 11.4. The molecule has 6 nitrogen and oxygen atoms in total. The summed E-state index contributed by atoms with van der Waals surface area (Å²) in [5.41, 5.74) is 1.17. The van der Waals surface area contributed by atoms with E-state index in [0.717, 1.165) is 12.8 Å². The maximum atomic E-state index is 11.4. The molecule has 1 aromatic rings. The van der Waals surface area contributed by atoms with Gasteiger partial charge in [-0.05, 0) is 30.5 Å². The molecule has 0 bridgehead atoms. The second kappa shape index (κ2) is 15.4. The summed E-state index contributed by atoms with van der Waals surface area (Å²) in [5.74, 6) is -0.580. The average molecular weight is 429 g/mol. The molecule has 0 unspecified atom stereocenters. The van der Waals surface area contributed by atoms with Gasteiger partial charge in [-0.2, -0.15) is 8.42 Å². The van der Waals surface area contributed by atoms with Gasteiger partial charge in [0.2, 0.25) is 0 Å². The van der Waals surface area contributed by atoms with Crippen LogP contribution in [0.25, 0.3) is 0 Å². The molecule has 0 aliphatic rings. The first-order valence-corrected chi connectivity index (χ1v) is 12.2. The van der Waals surface area contributed by atoms with Crippen molar-refractivity contribution in [2.24, 2.45) is 0 Å². The molecule has 0 aliphatic heterocycles. The van der Waals surface area contributed by atoms with Gasteiger partial charge in [0.25, 0.3) is 0 Å². The van der Waals surface area contributed by atoms with Gasteiger partial charge in [-0.1, -0.05) is 89.7 Å². The molecule has 0 saturated carbocycles. The highest BCUT2D eigenvalue weighted by atomic mass is 32.3. The predicted molar refractivity (Wildman–Crippen MR) is 114 cm³/mol. The Hall–Kier alpha value is -1.44. The van der Waals surface area contributed by atoms with Gasteiger partial charge < -0.3 is 4.74 Å². The number of carbonyl (C=O) groups is 1. The van der Waals surface area contributed by atoms with Crippen molar-refractivity contribution in [3.05, 3.63) is 29.8 Å². The number of aryl methyl sites for hydroxylation is 1. The van der Waals surface area contributed by atoms with E-state index in [1.807, 2.05) is 12.1 Å². The second-order valence-electron chi connectivity index (χ2n) is 7.45. The lowest BCUT2D eigenvalue weighted by molar-refractivity contribution is -0.136. The van der Waals surface area contributed by atoms with Gasteiger partial charge in [-0.25, -0.2) is 8.98 Å². The lowest BCUT2D eigenvalue weighted by atomic mass is 10.0. The summed E-state index contributed by atoms with van der Waals surface area (Å²) in [6.07, 6.45) is 16.9. The largest absolute Gasteiger partial charge is 0.425 e. The molecule has 1 N–H and O–H groups in total. The van der Waals surface area contributed by atoms with E-state index in [4.69, 9.17) is 9.29 Å². The van der Waals surface area contributed by atoms with E-state index in [9.17, 15) is 13.2 Å². The maximum Gasteiger partial charge on any atom is 0.397 e. The van der Waals surface area contributed by atoms with Crippen LogP contribution in [0.1, 0.15) is 89.5 Å². The number of carbonyl (C=O) groups excluding carboxylic acids is 1. The van der Waals surface area contributed by atoms with Crippen LogP contribution in [0.4, 0.5) is 0 Å². The van der Waals surface area contributed by atoms with E-state index in [1.54, 1.807) is 12.1 Å². The molecular weight excluding hydrogens is 392 g/mol. The number of esters is 1. The van der Waals surface area contributed by atoms with Crippen LogP contribution in [0.15, 0.2) is 24.3 Å². The van der Waals surface area contributed by atoms with Crippen LogP contribution in [0, 0.1) is 0 Å². The zero-order chi connectivity index (χ0) is 21.4. The third-order valence-electron chi connectivity index (χ3n) is 4.80. The summed E-state index contributed by atoms with van der Waals surface area (Å²) in [5, 5.41) is 0. The first-order chi connectivity index (χ1) is 13.9. The van der Waals surface area contributed by atoms with Gasteiger partial charge in [0.05, 0.1) is 0 Å². The molecule has 166 valence electrons. The monoisotopic (exact) mass is 428 g/mol. The van der Waals surface area contributed by atoms with E-state index < -0.39 is 23.0 Å². The van der Waals surface area contributed by atoms with Crippen LogP contribution in [-0.2, 0) is 25.8 Å². The van der Waals surface area contributed by atoms with Gasteiger partial charge in [0.15, 0.2) is 6.61 Å². The third kappa shape index (κ3) is 15.1. The van der Waals surface area contributed by atoms with Crippen molar-refractivity contribution in [2.45, 2.75) is 90.4 Å². The average Bonchev–Trinajstić information content (AvgIpc) is 2.68. The Morgan fingerprint density at radius 1 is 0.828 bits per heavy atom. The number of hydrogen-bond donors (Lipinski definition) is 1. The molecule has 0 aliphatic carbocycles. The fourth-order valence-corrected chi connectivity index (χ4v) is 3.42. The van der Waals surface area contributed by atoms with Crippen LogP contribution in [0.5, 0.6) is 5.75 Å². The Kier molecular flexibility index (Phi) is 13.6. The molecule has 0 spiro atoms. The van der Waals surface area contributed by atoms with Gasteiger partial charge in [0, 0.05) is 0 Å². The molecule has 0 fully saturated rings. The summed E-state index contributed by atoms with van der Waals surface area (Å²) in [7, 11) is -4.65. The Morgan fingerprint density at radius 2 is 1.31 bits per heavy atom. The molecule has 29 heavy (non-hydrogen) atoms. The molecule has 7 heteroatoms. The quantitative estimate of drug-likeness (QED) is 0.149. The minimum Gasteiger partial charge on any atom is -0.425 e. The van der Waals surface area contributed by atoms with Crippen LogP contribution < -0.4 is 4.74 Å². The van der Waals surface area contributed by atoms with Gasteiger partial charge in [-0.15, -0.1) is 0 Å². The van der Waals surface area contributed by atoms with E-state index in [0.29, 0.717) is 5.75 Å². The summed E-state index contributed by atoms with van der Waals surface area (Å²) < 4.78 is 38.2. The van der Waals surface area contributed by atoms with Crippen molar-refractivity contribution in [3.63, 3.8) is 0 Å². The van der Waals surface area contributed by atoms with E-state index in [-0.39, 0.29) is 0 Å². The number of ether oxygens (including phenoxy) is 1. The zero-order valence-corrected chi connectivity index (χ0v) is 18.4. The topological polar surface area (TPSA) is 89.9 Å². The zero-order valence-electron chi connectivity index (χ0n) is 17.6. The van der Waals surface area contributed by atoms with E-state index >= 15 is 0 Å². The molecule has 0 atom stereocenters. The van der Waals surface area contributed by atoms with Crippen molar-refractivity contribution in [2.75, 3.05) is 6.61 Å². The Labute approximate surface area is 175 Å². The van der Waals surface area contributed by atoms with Gasteiger partial charge in [-0.3, -0.25) is 4.55 Å². The summed E-state index contributed by atoms with van der Waals surface area (Å²) in [6, 6.07) is 7.12. The smallest absolute Gasteiger partial charge is 0.397 e. The molecule has 0 aromatic heterocycles. The normalized spacial score (nSPS) is 11.5. The number of hydrogen-bond acceptors (Lipinski definition) is 5. The van der Waals surface area contributed by atoms with Crippen LogP contribution in [0.2, 0.25) is 0 Å². The summed E-state index contributed by atoms with van der Waals surface area (Å²) in [6.45, 7) is 1.39. The molecule has 0 heterocycles. The lowest BCUT2D eigenvalue weighted by Crippen LogP contribution is -2.18. The summed E-state index contributed by atoms with van der Waals surface area (Å²) >= 11 is 0. The lowest BCUT2D eigenvalue weighted by Gasteiger charge is -2.06. The van der Waals surface area contributed by atoms with Crippen molar-refractivity contribution in [1.29, 1.82) is 0 Å². The molecule has 1 rings (SSSR count). The predicted octanol–water partition coefficient (Wildman–Crippen LogP) is 5.66. The molecule has 0 saturated heterocycles. The molecule has 0 amide bonds.